The lowest BCUT2D eigenvalue weighted by Gasteiger charge is -2.07. The van der Waals surface area contributed by atoms with E-state index < -0.39 is 0 Å². The van der Waals surface area contributed by atoms with Crippen molar-refractivity contribution < 1.29 is 0 Å². The predicted octanol–water partition coefficient (Wildman–Crippen LogP) is 3.25. The molecule has 0 aliphatic heterocycles. The molecule has 3 nitrogen and oxygen atoms in total. The van der Waals surface area contributed by atoms with Gasteiger partial charge in [0.15, 0.2) is 4.77 Å². The van der Waals surface area contributed by atoms with Gasteiger partial charge < -0.3 is 4.57 Å². The summed E-state index contributed by atoms with van der Waals surface area (Å²) in [4.78, 5) is 0. The van der Waals surface area contributed by atoms with Crippen LogP contribution in [-0.2, 0) is 13.0 Å². The van der Waals surface area contributed by atoms with Crippen LogP contribution in [-0.4, -0.2) is 14.8 Å². The topological polar surface area (TPSA) is 33.6 Å². The summed E-state index contributed by atoms with van der Waals surface area (Å²) in [7, 11) is 0. The van der Waals surface area contributed by atoms with Crippen molar-refractivity contribution >= 4 is 12.2 Å². The Bertz CT molecular complexity index is 554. The number of aromatic amines is 1. The number of aromatic nitrogens is 3. The molecule has 0 atom stereocenters. The molecular formula is C13H17N3S. The number of nitrogens with zero attached hydrogens (tertiary/aromatic N) is 2. The summed E-state index contributed by atoms with van der Waals surface area (Å²) in [6.07, 6.45) is 1.90. The van der Waals surface area contributed by atoms with Crippen molar-refractivity contribution in [1.82, 2.24) is 14.8 Å². The summed E-state index contributed by atoms with van der Waals surface area (Å²) < 4.78 is 2.80. The van der Waals surface area contributed by atoms with Crippen molar-refractivity contribution in [3.63, 3.8) is 0 Å². The SMILES string of the molecule is CCCn1c(Cc2ccccc2C)n[nH]c1=S. The van der Waals surface area contributed by atoms with Crippen molar-refractivity contribution in [2.24, 2.45) is 0 Å². The van der Waals surface area contributed by atoms with E-state index in [0.717, 1.165) is 30.0 Å². The smallest absolute Gasteiger partial charge is 0.195 e. The van der Waals surface area contributed by atoms with Gasteiger partial charge in [-0.05, 0) is 36.7 Å². The van der Waals surface area contributed by atoms with E-state index in [4.69, 9.17) is 12.2 Å². The van der Waals surface area contributed by atoms with Gasteiger partial charge in [-0.15, -0.1) is 0 Å². The van der Waals surface area contributed by atoms with Crippen LogP contribution >= 0.6 is 12.2 Å². The fraction of sp³-hybridized carbons (Fsp3) is 0.385. The van der Waals surface area contributed by atoms with E-state index in [9.17, 15) is 0 Å². The normalized spacial score (nSPS) is 10.7. The van der Waals surface area contributed by atoms with Crippen molar-refractivity contribution in [2.45, 2.75) is 33.2 Å². The lowest BCUT2D eigenvalue weighted by atomic mass is 10.1. The second kappa shape index (κ2) is 5.27. The maximum Gasteiger partial charge on any atom is 0.195 e. The Morgan fingerprint density at radius 2 is 2.12 bits per heavy atom. The Morgan fingerprint density at radius 3 is 2.82 bits per heavy atom. The highest BCUT2D eigenvalue weighted by molar-refractivity contribution is 7.71. The first-order chi connectivity index (χ1) is 8.22. The summed E-state index contributed by atoms with van der Waals surface area (Å²) in [6, 6.07) is 8.39. The number of hydrogen-bond donors (Lipinski definition) is 1. The number of nitrogens with one attached hydrogen (secondary N) is 1. The molecule has 1 aromatic heterocycles. The lowest BCUT2D eigenvalue weighted by Crippen LogP contribution is -2.05. The molecule has 17 heavy (non-hydrogen) atoms. The molecule has 0 aliphatic rings. The molecule has 2 aromatic rings. The Labute approximate surface area is 106 Å². The third-order valence-electron chi connectivity index (χ3n) is 2.89. The number of aryl methyl sites for hydroxylation is 1. The average molecular weight is 247 g/mol. The fourth-order valence-electron chi connectivity index (χ4n) is 1.92. The molecule has 2 rings (SSSR count). The van der Waals surface area contributed by atoms with Crippen molar-refractivity contribution in [2.75, 3.05) is 0 Å². The van der Waals surface area contributed by atoms with Gasteiger partial charge in [0.2, 0.25) is 0 Å². The minimum atomic E-state index is 0.718. The molecule has 0 radical (unpaired) electrons. The Morgan fingerprint density at radius 1 is 1.35 bits per heavy atom. The average Bonchev–Trinajstić information content (AvgIpc) is 2.65. The molecule has 0 saturated heterocycles. The fourth-order valence-corrected chi connectivity index (χ4v) is 2.16. The molecule has 0 amide bonds. The summed E-state index contributed by atoms with van der Waals surface area (Å²) in [5.74, 6) is 1.02. The molecule has 90 valence electrons. The first kappa shape index (κ1) is 12.0. The van der Waals surface area contributed by atoms with E-state index in [1.807, 2.05) is 0 Å². The number of benzene rings is 1. The maximum absolute atomic E-state index is 5.23. The van der Waals surface area contributed by atoms with E-state index in [0.29, 0.717) is 0 Å². The highest BCUT2D eigenvalue weighted by atomic mass is 32.1. The third kappa shape index (κ3) is 2.64. The summed E-state index contributed by atoms with van der Waals surface area (Å²) >= 11 is 5.23. The van der Waals surface area contributed by atoms with E-state index in [1.54, 1.807) is 0 Å². The van der Waals surface area contributed by atoms with Gasteiger partial charge in [0.1, 0.15) is 5.82 Å². The van der Waals surface area contributed by atoms with Crippen molar-refractivity contribution in [3.05, 3.63) is 46.0 Å². The number of H-pyrrole nitrogens is 1. The molecular weight excluding hydrogens is 230 g/mol. The van der Waals surface area contributed by atoms with Gasteiger partial charge in [-0.3, -0.25) is 5.10 Å². The van der Waals surface area contributed by atoms with E-state index in [1.165, 1.54) is 11.1 Å². The largest absolute Gasteiger partial charge is 0.304 e. The van der Waals surface area contributed by atoms with Gasteiger partial charge in [-0.1, -0.05) is 31.2 Å². The minimum absolute atomic E-state index is 0.718. The Kier molecular flexibility index (Phi) is 3.74. The van der Waals surface area contributed by atoms with Gasteiger partial charge in [0.05, 0.1) is 0 Å². The Balaban J connectivity index is 2.30. The van der Waals surface area contributed by atoms with Crippen molar-refractivity contribution in [3.8, 4) is 0 Å². The zero-order valence-corrected chi connectivity index (χ0v) is 11.0. The van der Waals surface area contributed by atoms with Crippen LogP contribution in [0.1, 0.15) is 30.3 Å². The predicted molar refractivity (Wildman–Crippen MR) is 71.7 cm³/mol. The van der Waals surface area contributed by atoms with E-state index in [2.05, 4.69) is 52.9 Å². The molecule has 0 unspecified atom stereocenters. The third-order valence-corrected chi connectivity index (χ3v) is 3.21. The van der Waals surface area contributed by atoms with Crippen LogP contribution < -0.4 is 0 Å². The molecule has 4 heteroatoms. The summed E-state index contributed by atoms with van der Waals surface area (Å²) in [5, 5.41) is 7.19. The molecule has 0 aliphatic carbocycles. The van der Waals surface area contributed by atoms with Gasteiger partial charge in [-0.2, -0.15) is 5.10 Å². The van der Waals surface area contributed by atoms with Gasteiger partial charge in [0.25, 0.3) is 0 Å². The maximum atomic E-state index is 5.23. The van der Waals surface area contributed by atoms with Gasteiger partial charge >= 0.3 is 0 Å². The molecule has 0 fully saturated rings. The van der Waals surface area contributed by atoms with Crippen LogP contribution in [0.3, 0.4) is 0 Å². The minimum Gasteiger partial charge on any atom is -0.304 e. The number of rotatable bonds is 4. The van der Waals surface area contributed by atoms with Crippen LogP contribution in [0.25, 0.3) is 0 Å². The van der Waals surface area contributed by atoms with Crippen LogP contribution in [0.2, 0.25) is 0 Å². The lowest BCUT2D eigenvalue weighted by molar-refractivity contribution is 0.639. The molecule has 0 saturated carbocycles. The second-order valence-corrected chi connectivity index (χ2v) is 4.59. The van der Waals surface area contributed by atoms with Crippen molar-refractivity contribution in [1.29, 1.82) is 0 Å². The van der Waals surface area contributed by atoms with Crippen LogP contribution in [0.5, 0.6) is 0 Å². The van der Waals surface area contributed by atoms with Gasteiger partial charge in [-0.25, -0.2) is 0 Å². The van der Waals surface area contributed by atoms with Crippen LogP contribution in [0.4, 0.5) is 0 Å². The molecule has 0 bridgehead atoms. The van der Waals surface area contributed by atoms with E-state index in [-0.39, 0.29) is 0 Å². The molecule has 0 spiro atoms. The quantitative estimate of drug-likeness (QED) is 0.841. The zero-order valence-electron chi connectivity index (χ0n) is 10.2. The molecule has 1 heterocycles. The first-order valence-electron chi connectivity index (χ1n) is 5.91. The highest BCUT2D eigenvalue weighted by Gasteiger charge is 2.07. The standard InChI is InChI=1S/C13H17N3S/c1-3-8-16-12(14-15-13(16)17)9-11-7-5-4-6-10(11)2/h4-7H,3,8-9H2,1-2H3,(H,15,17). The summed E-state index contributed by atoms with van der Waals surface area (Å²) in [5.41, 5.74) is 2.60. The van der Waals surface area contributed by atoms with Crippen LogP contribution in [0.15, 0.2) is 24.3 Å². The molecule has 1 N–H and O–H groups in total. The summed E-state index contributed by atoms with van der Waals surface area (Å²) in [6.45, 7) is 5.20. The monoisotopic (exact) mass is 247 g/mol. The zero-order chi connectivity index (χ0) is 12.3. The number of hydrogen-bond acceptors (Lipinski definition) is 2. The highest BCUT2D eigenvalue weighted by Crippen LogP contribution is 2.12. The van der Waals surface area contributed by atoms with E-state index >= 15 is 0 Å². The van der Waals surface area contributed by atoms with Crippen LogP contribution in [0, 0.1) is 11.7 Å². The van der Waals surface area contributed by atoms with Gasteiger partial charge in [0, 0.05) is 13.0 Å². The Hall–Kier alpha value is -1.42. The molecule has 1 aromatic carbocycles. The second-order valence-electron chi connectivity index (χ2n) is 4.20. The first-order valence-corrected chi connectivity index (χ1v) is 6.31.